The van der Waals surface area contributed by atoms with Crippen molar-refractivity contribution < 1.29 is 32.3 Å². The number of esters is 1. The number of methoxy groups -OCH3 is 1. The van der Waals surface area contributed by atoms with Crippen LogP contribution in [-0.4, -0.2) is 38.6 Å². The summed E-state index contributed by atoms with van der Waals surface area (Å²) in [6.07, 6.45) is 0.215. The van der Waals surface area contributed by atoms with Crippen LogP contribution in [0, 0.1) is 5.92 Å². The Morgan fingerprint density at radius 3 is 2.41 bits per heavy atom. The van der Waals surface area contributed by atoms with E-state index in [4.69, 9.17) is 9.52 Å². The number of carbonyl (C=O) groups excluding carboxylic acids is 1. The van der Waals surface area contributed by atoms with Gasteiger partial charge in [-0.3, -0.25) is 4.79 Å². The first-order valence-electron chi connectivity index (χ1n) is 6.60. The molecule has 2 N–H and O–H groups in total. The summed E-state index contributed by atoms with van der Waals surface area (Å²) in [7, 11) is -3.00. The van der Waals surface area contributed by atoms with E-state index in [0.29, 0.717) is 0 Å². The molecule has 0 amide bonds. The number of rotatable bonds is 7. The van der Waals surface area contributed by atoms with Gasteiger partial charge in [-0.05, 0) is 5.92 Å². The average Bonchev–Trinajstić information content (AvgIpc) is 2.88. The fourth-order valence-corrected chi connectivity index (χ4v) is 3.37. The number of carboxylic acid groups (broad SMARTS) is 1. The van der Waals surface area contributed by atoms with E-state index in [1.807, 2.05) is 0 Å². The number of furan rings is 1. The molecule has 22 heavy (non-hydrogen) atoms. The minimum atomic E-state index is -4.15. The van der Waals surface area contributed by atoms with E-state index < -0.39 is 33.9 Å². The number of hydrogen-bond acceptors (Lipinski definition) is 6. The fraction of sp³-hybridized carbons (Fsp3) is 0.538. The van der Waals surface area contributed by atoms with Crippen LogP contribution >= 0.6 is 0 Å². The first-order valence-corrected chi connectivity index (χ1v) is 8.08. The number of nitrogens with one attached hydrogen (secondary N) is 1. The molecule has 0 aliphatic carbocycles. The largest absolute Gasteiger partial charge is 0.480 e. The molecule has 0 fully saturated rings. The van der Waals surface area contributed by atoms with E-state index in [1.54, 1.807) is 20.8 Å². The third-order valence-electron chi connectivity index (χ3n) is 2.98. The molecule has 0 bridgehead atoms. The second kappa shape index (κ2) is 6.93. The molecule has 1 aromatic rings. The first-order chi connectivity index (χ1) is 10.1. The van der Waals surface area contributed by atoms with E-state index in [1.165, 1.54) is 0 Å². The lowest BCUT2D eigenvalue weighted by Gasteiger charge is -2.17. The van der Waals surface area contributed by atoms with Gasteiger partial charge in [-0.15, -0.1) is 0 Å². The third-order valence-corrected chi connectivity index (χ3v) is 4.47. The van der Waals surface area contributed by atoms with Crippen molar-refractivity contribution in [1.29, 1.82) is 0 Å². The lowest BCUT2D eigenvalue weighted by atomic mass is 10.1. The quantitative estimate of drug-likeness (QED) is 0.714. The van der Waals surface area contributed by atoms with Gasteiger partial charge in [0.05, 0.1) is 7.11 Å². The van der Waals surface area contributed by atoms with Gasteiger partial charge >= 0.3 is 11.9 Å². The predicted molar refractivity (Wildman–Crippen MR) is 76.0 cm³/mol. The van der Waals surface area contributed by atoms with Crippen LogP contribution in [0.4, 0.5) is 0 Å². The zero-order valence-corrected chi connectivity index (χ0v) is 13.6. The summed E-state index contributed by atoms with van der Waals surface area (Å²) in [5, 5.41) is 9.09. The summed E-state index contributed by atoms with van der Waals surface area (Å²) >= 11 is 0. The van der Waals surface area contributed by atoms with Crippen molar-refractivity contribution in [3.8, 4) is 0 Å². The molecule has 1 heterocycles. The lowest BCUT2D eigenvalue weighted by Crippen LogP contribution is -2.44. The zero-order chi connectivity index (χ0) is 17.1. The highest BCUT2D eigenvalue weighted by atomic mass is 32.2. The first kappa shape index (κ1) is 18.2. The molecule has 1 aromatic heterocycles. The zero-order valence-electron chi connectivity index (χ0n) is 12.7. The SMILES string of the molecule is CCc1oc(C(=O)OC)cc1S(=O)(=O)NC(C(=O)O)C(C)C. The summed E-state index contributed by atoms with van der Waals surface area (Å²) < 4.78 is 36.5. The molecule has 8 nitrogen and oxygen atoms in total. The van der Waals surface area contributed by atoms with Crippen molar-refractivity contribution in [2.24, 2.45) is 5.92 Å². The summed E-state index contributed by atoms with van der Waals surface area (Å²) in [5.41, 5.74) is 0. The van der Waals surface area contributed by atoms with Crippen molar-refractivity contribution in [1.82, 2.24) is 4.72 Å². The van der Waals surface area contributed by atoms with Crippen LogP contribution in [-0.2, 0) is 26.0 Å². The second-order valence-electron chi connectivity index (χ2n) is 4.92. The Hall–Kier alpha value is -1.87. The van der Waals surface area contributed by atoms with Gasteiger partial charge in [0.1, 0.15) is 16.7 Å². The van der Waals surface area contributed by atoms with Crippen molar-refractivity contribution in [3.05, 3.63) is 17.6 Å². The van der Waals surface area contributed by atoms with Crippen LogP contribution in [0.3, 0.4) is 0 Å². The van der Waals surface area contributed by atoms with Crippen LogP contribution in [0.5, 0.6) is 0 Å². The van der Waals surface area contributed by atoms with Crippen LogP contribution in [0.15, 0.2) is 15.4 Å². The van der Waals surface area contributed by atoms with Crippen molar-refractivity contribution in [2.45, 2.75) is 38.1 Å². The van der Waals surface area contributed by atoms with E-state index in [-0.39, 0.29) is 22.8 Å². The summed E-state index contributed by atoms with van der Waals surface area (Å²) in [6, 6.07) is -0.252. The standard InChI is InChI=1S/C13H19NO7S/c1-5-8-10(6-9(21-8)13(17)20-4)22(18,19)14-11(7(2)3)12(15)16/h6-7,11,14H,5H2,1-4H3,(H,15,16). The van der Waals surface area contributed by atoms with E-state index in [0.717, 1.165) is 13.2 Å². The molecule has 0 saturated heterocycles. The summed E-state index contributed by atoms with van der Waals surface area (Å²) in [4.78, 5) is 22.3. The maximum Gasteiger partial charge on any atom is 0.373 e. The monoisotopic (exact) mass is 333 g/mol. The molecular formula is C13H19NO7S. The molecule has 1 unspecified atom stereocenters. The highest BCUT2D eigenvalue weighted by Crippen LogP contribution is 2.23. The van der Waals surface area contributed by atoms with Crippen LogP contribution in [0.25, 0.3) is 0 Å². The highest BCUT2D eigenvalue weighted by molar-refractivity contribution is 7.89. The minimum absolute atomic E-state index is 0.0563. The van der Waals surface area contributed by atoms with Crippen LogP contribution in [0.1, 0.15) is 37.1 Å². The van der Waals surface area contributed by atoms with Gasteiger partial charge in [0.15, 0.2) is 0 Å². The molecule has 0 radical (unpaired) electrons. The van der Waals surface area contributed by atoms with Crippen LogP contribution in [0.2, 0.25) is 0 Å². The maximum absolute atomic E-state index is 12.4. The Morgan fingerprint density at radius 1 is 1.41 bits per heavy atom. The fourth-order valence-electron chi connectivity index (χ4n) is 1.79. The Kier molecular flexibility index (Phi) is 5.72. The molecule has 0 saturated carbocycles. The smallest absolute Gasteiger partial charge is 0.373 e. The Bertz CT molecular complexity index is 660. The third kappa shape index (κ3) is 3.86. The maximum atomic E-state index is 12.4. The average molecular weight is 333 g/mol. The van der Waals surface area contributed by atoms with E-state index >= 15 is 0 Å². The Morgan fingerprint density at radius 2 is 2.00 bits per heavy atom. The molecule has 0 spiro atoms. The molecule has 1 atom stereocenters. The van der Waals surface area contributed by atoms with Gasteiger partial charge in [0.2, 0.25) is 15.8 Å². The van der Waals surface area contributed by atoms with Gasteiger partial charge in [0, 0.05) is 12.5 Å². The van der Waals surface area contributed by atoms with Gasteiger partial charge in [-0.25, -0.2) is 13.2 Å². The molecule has 0 aromatic carbocycles. The van der Waals surface area contributed by atoms with E-state index in [9.17, 15) is 18.0 Å². The van der Waals surface area contributed by atoms with E-state index in [2.05, 4.69) is 9.46 Å². The van der Waals surface area contributed by atoms with Gasteiger partial charge in [-0.1, -0.05) is 20.8 Å². The number of carboxylic acids is 1. The number of hydrogen-bond donors (Lipinski definition) is 2. The van der Waals surface area contributed by atoms with Crippen molar-refractivity contribution >= 4 is 22.0 Å². The summed E-state index contributed by atoms with van der Waals surface area (Å²) in [5.74, 6) is -2.75. The molecular weight excluding hydrogens is 314 g/mol. The minimum Gasteiger partial charge on any atom is -0.480 e. The molecule has 9 heteroatoms. The summed E-state index contributed by atoms with van der Waals surface area (Å²) in [6.45, 7) is 4.81. The highest BCUT2D eigenvalue weighted by Gasteiger charge is 2.31. The Balaban J connectivity index is 3.25. The molecule has 0 aliphatic heterocycles. The topological polar surface area (TPSA) is 123 Å². The lowest BCUT2D eigenvalue weighted by molar-refractivity contribution is -0.140. The van der Waals surface area contributed by atoms with Gasteiger partial charge in [0.25, 0.3) is 0 Å². The number of aliphatic carboxylic acids is 1. The van der Waals surface area contributed by atoms with Crippen LogP contribution < -0.4 is 4.72 Å². The molecule has 124 valence electrons. The molecule has 0 aliphatic rings. The molecule has 1 rings (SSSR count). The van der Waals surface area contributed by atoms with Gasteiger partial charge in [-0.2, -0.15) is 4.72 Å². The normalized spacial score (nSPS) is 13.1. The Labute approximate surface area is 128 Å². The van der Waals surface area contributed by atoms with Gasteiger partial charge < -0.3 is 14.3 Å². The number of ether oxygens (including phenoxy) is 1. The van der Waals surface area contributed by atoms with Crippen molar-refractivity contribution in [2.75, 3.05) is 7.11 Å². The number of aryl methyl sites for hydroxylation is 1. The van der Waals surface area contributed by atoms with Crippen molar-refractivity contribution in [3.63, 3.8) is 0 Å². The number of carbonyl (C=O) groups is 2. The number of sulfonamides is 1. The second-order valence-corrected chi connectivity index (χ2v) is 6.61. The predicted octanol–water partition coefficient (Wildman–Crippen LogP) is 1.02.